The van der Waals surface area contributed by atoms with Crippen LogP contribution in [0.5, 0.6) is 0 Å². The lowest BCUT2D eigenvalue weighted by Crippen LogP contribution is -2.32. The Labute approximate surface area is 115 Å². The first-order valence-corrected chi connectivity index (χ1v) is 7.08. The Bertz CT molecular complexity index is 449. The zero-order valence-electron chi connectivity index (χ0n) is 10.2. The average Bonchev–Trinajstić information content (AvgIpc) is 2.32. The molecule has 2 unspecified atom stereocenters. The number of carbonyl (C=O) groups is 1. The molecule has 1 saturated carbocycles. The second-order valence-corrected chi connectivity index (χ2v) is 5.92. The van der Waals surface area contributed by atoms with Crippen molar-refractivity contribution in [3.63, 3.8) is 0 Å². The molecule has 1 aromatic rings. The molecule has 0 saturated heterocycles. The van der Waals surface area contributed by atoms with Gasteiger partial charge in [-0.25, -0.2) is 4.39 Å². The Morgan fingerprint density at radius 3 is 2.89 bits per heavy atom. The van der Waals surface area contributed by atoms with Crippen LogP contribution in [0.3, 0.4) is 0 Å². The summed E-state index contributed by atoms with van der Waals surface area (Å²) < 4.78 is 14.3. The minimum Gasteiger partial charge on any atom is -0.328 e. The zero-order valence-corrected chi connectivity index (χ0v) is 11.7. The largest absolute Gasteiger partial charge is 0.328 e. The van der Waals surface area contributed by atoms with Crippen molar-refractivity contribution in [1.82, 2.24) is 0 Å². The summed E-state index contributed by atoms with van der Waals surface area (Å²) in [6, 6.07) is 4.95. The van der Waals surface area contributed by atoms with Crippen molar-refractivity contribution < 1.29 is 9.18 Å². The third-order valence-electron chi connectivity index (χ3n) is 3.55. The molecule has 2 N–H and O–H groups in total. The van der Waals surface area contributed by atoms with Crippen molar-refractivity contribution in [1.29, 1.82) is 0 Å². The molecule has 0 aromatic heterocycles. The Kier molecular flexibility index (Phi) is 4.51. The summed E-state index contributed by atoms with van der Waals surface area (Å²) in [6.45, 7) is 0. The van der Waals surface area contributed by atoms with Crippen molar-refractivity contribution in [2.75, 3.05) is 0 Å². The molecule has 98 valence electrons. The van der Waals surface area contributed by atoms with Crippen LogP contribution in [0.1, 0.15) is 31.2 Å². The standard InChI is InChI=1S/C14H17BrFNO/c15-11-5-4-9(13(16)8-11)7-14(18)10-2-1-3-12(17)6-10/h4-5,8,10,12H,1-3,6-7,17H2. The van der Waals surface area contributed by atoms with Gasteiger partial charge in [-0.3, -0.25) is 4.79 Å². The van der Waals surface area contributed by atoms with Crippen LogP contribution in [0, 0.1) is 11.7 Å². The number of hydrogen-bond acceptors (Lipinski definition) is 2. The van der Waals surface area contributed by atoms with Crippen molar-refractivity contribution in [3.05, 3.63) is 34.1 Å². The van der Waals surface area contributed by atoms with E-state index in [0.717, 1.165) is 25.7 Å². The van der Waals surface area contributed by atoms with E-state index in [1.165, 1.54) is 6.07 Å². The van der Waals surface area contributed by atoms with Crippen LogP contribution in [0.4, 0.5) is 4.39 Å². The molecule has 2 rings (SSSR count). The summed E-state index contributed by atoms with van der Waals surface area (Å²) in [5.74, 6) is -0.194. The molecule has 2 nitrogen and oxygen atoms in total. The third kappa shape index (κ3) is 3.39. The van der Waals surface area contributed by atoms with Gasteiger partial charge >= 0.3 is 0 Å². The highest BCUT2D eigenvalue weighted by Gasteiger charge is 2.25. The number of Topliss-reactive ketones (excluding diaryl/α,β-unsaturated/α-hetero) is 1. The number of rotatable bonds is 3. The topological polar surface area (TPSA) is 43.1 Å². The predicted molar refractivity (Wildman–Crippen MR) is 72.7 cm³/mol. The summed E-state index contributed by atoms with van der Waals surface area (Å²) in [6.07, 6.45) is 3.81. The van der Waals surface area contributed by atoms with Crippen LogP contribution in [0.2, 0.25) is 0 Å². The summed E-state index contributed by atoms with van der Waals surface area (Å²) in [4.78, 5) is 12.1. The van der Waals surface area contributed by atoms with Crippen LogP contribution < -0.4 is 5.73 Å². The molecule has 1 fully saturated rings. The van der Waals surface area contributed by atoms with Gasteiger partial charge in [0.1, 0.15) is 11.6 Å². The van der Waals surface area contributed by atoms with E-state index < -0.39 is 0 Å². The number of hydrogen-bond donors (Lipinski definition) is 1. The predicted octanol–water partition coefficient (Wildman–Crippen LogP) is 3.22. The SMILES string of the molecule is NC1CCCC(C(=O)Cc2ccc(Br)cc2F)C1. The Balaban J connectivity index is 2.02. The minimum absolute atomic E-state index is 0.0109. The molecular formula is C14H17BrFNO. The number of carbonyl (C=O) groups excluding carboxylic acids is 1. The molecule has 0 radical (unpaired) electrons. The van der Waals surface area contributed by atoms with Crippen molar-refractivity contribution in [2.24, 2.45) is 11.7 Å². The average molecular weight is 314 g/mol. The smallest absolute Gasteiger partial charge is 0.140 e. The first-order chi connectivity index (χ1) is 8.56. The maximum atomic E-state index is 13.6. The van der Waals surface area contributed by atoms with Crippen LogP contribution in [-0.2, 0) is 11.2 Å². The number of nitrogens with two attached hydrogens (primary N) is 1. The minimum atomic E-state index is -0.321. The molecule has 0 spiro atoms. The van der Waals surface area contributed by atoms with Gasteiger partial charge in [0.05, 0.1) is 0 Å². The van der Waals surface area contributed by atoms with E-state index in [1.807, 2.05) is 0 Å². The fourth-order valence-corrected chi connectivity index (χ4v) is 2.85. The number of ketones is 1. The normalized spacial score (nSPS) is 23.9. The zero-order chi connectivity index (χ0) is 13.1. The molecule has 0 aliphatic heterocycles. The van der Waals surface area contributed by atoms with Gasteiger partial charge in [0.2, 0.25) is 0 Å². The maximum Gasteiger partial charge on any atom is 0.140 e. The molecular weight excluding hydrogens is 297 g/mol. The second kappa shape index (κ2) is 5.93. The quantitative estimate of drug-likeness (QED) is 0.931. The van der Waals surface area contributed by atoms with Crippen LogP contribution in [-0.4, -0.2) is 11.8 Å². The third-order valence-corrected chi connectivity index (χ3v) is 4.04. The van der Waals surface area contributed by atoms with Gasteiger partial charge in [-0.15, -0.1) is 0 Å². The molecule has 2 atom stereocenters. The van der Waals surface area contributed by atoms with Gasteiger partial charge in [0.15, 0.2) is 0 Å². The van der Waals surface area contributed by atoms with Crippen LogP contribution in [0.15, 0.2) is 22.7 Å². The molecule has 0 amide bonds. The van der Waals surface area contributed by atoms with Crippen LogP contribution >= 0.6 is 15.9 Å². The highest BCUT2D eigenvalue weighted by atomic mass is 79.9. The lowest BCUT2D eigenvalue weighted by molar-refractivity contribution is -0.123. The Morgan fingerprint density at radius 1 is 1.44 bits per heavy atom. The molecule has 0 heterocycles. The highest BCUT2D eigenvalue weighted by Crippen LogP contribution is 2.26. The van der Waals surface area contributed by atoms with E-state index in [0.29, 0.717) is 10.0 Å². The van der Waals surface area contributed by atoms with E-state index >= 15 is 0 Å². The van der Waals surface area contributed by atoms with Gasteiger partial charge in [-0.1, -0.05) is 28.4 Å². The van der Waals surface area contributed by atoms with Crippen molar-refractivity contribution >= 4 is 21.7 Å². The van der Waals surface area contributed by atoms with E-state index in [-0.39, 0.29) is 30.0 Å². The van der Waals surface area contributed by atoms with Gasteiger partial charge in [-0.05, 0) is 37.0 Å². The van der Waals surface area contributed by atoms with Gasteiger partial charge < -0.3 is 5.73 Å². The molecule has 1 aliphatic rings. The van der Waals surface area contributed by atoms with Crippen molar-refractivity contribution in [2.45, 2.75) is 38.1 Å². The second-order valence-electron chi connectivity index (χ2n) is 5.00. The lowest BCUT2D eigenvalue weighted by atomic mass is 9.82. The summed E-state index contributed by atoms with van der Waals surface area (Å²) in [5, 5.41) is 0. The van der Waals surface area contributed by atoms with Crippen LogP contribution in [0.25, 0.3) is 0 Å². The molecule has 1 aromatic carbocycles. The molecule has 0 bridgehead atoms. The lowest BCUT2D eigenvalue weighted by Gasteiger charge is -2.25. The van der Waals surface area contributed by atoms with Gasteiger partial charge in [0, 0.05) is 22.9 Å². The van der Waals surface area contributed by atoms with E-state index in [4.69, 9.17) is 5.73 Å². The Hall–Kier alpha value is -0.740. The van der Waals surface area contributed by atoms with Gasteiger partial charge in [0.25, 0.3) is 0 Å². The van der Waals surface area contributed by atoms with Gasteiger partial charge in [-0.2, -0.15) is 0 Å². The maximum absolute atomic E-state index is 13.6. The summed E-state index contributed by atoms with van der Waals surface area (Å²) in [5.41, 5.74) is 6.35. The first-order valence-electron chi connectivity index (χ1n) is 6.28. The Morgan fingerprint density at radius 2 is 2.22 bits per heavy atom. The molecule has 18 heavy (non-hydrogen) atoms. The summed E-state index contributed by atoms with van der Waals surface area (Å²) in [7, 11) is 0. The first kappa shape index (κ1) is 13.7. The molecule has 1 aliphatic carbocycles. The summed E-state index contributed by atoms with van der Waals surface area (Å²) >= 11 is 3.21. The fourth-order valence-electron chi connectivity index (χ4n) is 2.52. The van der Waals surface area contributed by atoms with E-state index in [1.54, 1.807) is 12.1 Å². The van der Waals surface area contributed by atoms with E-state index in [2.05, 4.69) is 15.9 Å². The number of benzene rings is 1. The highest BCUT2D eigenvalue weighted by molar-refractivity contribution is 9.10. The fraction of sp³-hybridized carbons (Fsp3) is 0.500. The van der Waals surface area contributed by atoms with Crippen molar-refractivity contribution in [3.8, 4) is 0 Å². The number of halogens is 2. The molecule has 4 heteroatoms. The monoisotopic (exact) mass is 313 g/mol. The van der Waals surface area contributed by atoms with E-state index in [9.17, 15) is 9.18 Å².